The van der Waals surface area contributed by atoms with Gasteiger partial charge < -0.3 is 25.4 Å². The van der Waals surface area contributed by atoms with E-state index in [1.165, 1.54) is 0 Å². The van der Waals surface area contributed by atoms with Crippen molar-refractivity contribution < 1.29 is 14.3 Å². The summed E-state index contributed by atoms with van der Waals surface area (Å²) in [6.07, 6.45) is 2.77. The van der Waals surface area contributed by atoms with Crippen LogP contribution in [0.5, 0.6) is 0 Å². The molecule has 3 N–H and O–H groups in total. The fourth-order valence-electron chi connectivity index (χ4n) is 2.78. The number of carbonyl (C=O) groups excluding carboxylic acids is 1. The fourth-order valence-corrected chi connectivity index (χ4v) is 2.78. The van der Waals surface area contributed by atoms with E-state index < -0.39 is 5.60 Å². The second kappa shape index (κ2) is 10.1. The van der Waals surface area contributed by atoms with Gasteiger partial charge in [0.25, 0.3) is 0 Å². The maximum absolute atomic E-state index is 11.8. The van der Waals surface area contributed by atoms with Crippen molar-refractivity contribution in [2.24, 2.45) is 0 Å². The first-order valence-corrected chi connectivity index (χ1v) is 8.84. The molecule has 1 fully saturated rings. The summed E-state index contributed by atoms with van der Waals surface area (Å²) in [6.45, 7) is 13.0. The average Bonchev–Trinajstić information content (AvgIpc) is 2.44. The zero-order chi connectivity index (χ0) is 17.3. The second-order valence-electron chi connectivity index (χ2n) is 7.40. The largest absolute Gasteiger partial charge is 0.444 e. The van der Waals surface area contributed by atoms with Crippen LogP contribution in [0.3, 0.4) is 0 Å². The number of alkyl carbamates (subject to hydrolysis) is 1. The van der Waals surface area contributed by atoms with Gasteiger partial charge >= 0.3 is 6.09 Å². The van der Waals surface area contributed by atoms with E-state index in [9.17, 15) is 4.79 Å². The van der Waals surface area contributed by atoms with E-state index >= 15 is 0 Å². The van der Waals surface area contributed by atoms with Gasteiger partial charge in [-0.1, -0.05) is 13.3 Å². The van der Waals surface area contributed by atoms with Crippen LogP contribution in [-0.2, 0) is 9.47 Å². The molecule has 6 heteroatoms. The highest BCUT2D eigenvalue weighted by Crippen LogP contribution is 2.08. The topological polar surface area (TPSA) is 71.6 Å². The molecule has 3 unspecified atom stereocenters. The van der Waals surface area contributed by atoms with E-state index in [2.05, 4.69) is 29.8 Å². The third-order valence-electron chi connectivity index (χ3n) is 3.69. The van der Waals surface area contributed by atoms with Gasteiger partial charge in [-0.05, 0) is 40.5 Å². The molecule has 0 aromatic heterocycles. The SMILES string of the molecule is CCCC(CNC(=O)OC(C)(C)C)NC(C)CC1COCCN1. The van der Waals surface area contributed by atoms with Gasteiger partial charge in [-0.3, -0.25) is 0 Å². The standard InChI is InChI=1S/C17H35N3O3/c1-6-7-14(11-19-16(21)23-17(3,4)5)20-13(2)10-15-12-22-9-8-18-15/h13-15,18,20H,6-12H2,1-5H3,(H,19,21). The van der Waals surface area contributed by atoms with Crippen LogP contribution in [0.2, 0.25) is 0 Å². The van der Waals surface area contributed by atoms with Crippen LogP contribution in [0.25, 0.3) is 0 Å². The van der Waals surface area contributed by atoms with Gasteiger partial charge in [0.2, 0.25) is 0 Å². The maximum Gasteiger partial charge on any atom is 0.407 e. The van der Waals surface area contributed by atoms with Gasteiger partial charge in [0.05, 0.1) is 13.2 Å². The maximum atomic E-state index is 11.8. The van der Waals surface area contributed by atoms with Gasteiger partial charge in [0.1, 0.15) is 5.60 Å². The minimum absolute atomic E-state index is 0.257. The van der Waals surface area contributed by atoms with Gasteiger partial charge in [0.15, 0.2) is 0 Å². The Labute approximate surface area is 141 Å². The molecule has 0 spiro atoms. The Bertz CT molecular complexity index is 338. The summed E-state index contributed by atoms with van der Waals surface area (Å²) in [5, 5.41) is 9.96. The number of carbonyl (C=O) groups is 1. The molecule has 3 atom stereocenters. The Morgan fingerprint density at radius 2 is 2.17 bits per heavy atom. The lowest BCUT2D eigenvalue weighted by Crippen LogP contribution is -2.49. The van der Waals surface area contributed by atoms with Crippen LogP contribution in [0.15, 0.2) is 0 Å². The number of hydrogen-bond donors (Lipinski definition) is 3. The van der Waals surface area contributed by atoms with Crippen molar-refractivity contribution in [1.82, 2.24) is 16.0 Å². The van der Waals surface area contributed by atoms with Crippen LogP contribution >= 0.6 is 0 Å². The average molecular weight is 329 g/mol. The molecule has 136 valence electrons. The van der Waals surface area contributed by atoms with Crippen molar-refractivity contribution in [2.45, 2.75) is 77.6 Å². The predicted molar refractivity (Wildman–Crippen MR) is 92.8 cm³/mol. The van der Waals surface area contributed by atoms with Crippen LogP contribution in [0.4, 0.5) is 4.79 Å². The zero-order valence-corrected chi connectivity index (χ0v) is 15.4. The van der Waals surface area contributed by atoms with E-state index in [1.54, 1.807) is 0 Å². The number of nitrogens with one attached hydrogen (secondary N) is 3. The Kier molecular flexibility index (Phi) is 8.87. The van der Waals surface area contributed by atoms with E-state index in [4.69, 9.17) is 9.47 Å². The van der Waals surface area contributed by atoms with Crippen molar-refractivity contribution in [1.29, 1.82) is 0 Å². The summed E-state index contributed by atoms with van der Waals surface area (Å²) in [4.78, 5) is 11.8. The van der Waals surface area contributed by atoms with Crippen molar-refractivity contribution >= 4 is 6.09 Å². The molecule has 1 amide bonds. The van der Waals surface area contributed by atoms with E-state index in [1.807, 2.05) is 20.8 Å². The van der Waals surface area contributed by atoms with Crippen LogP contribution in [0.1, 0.15) is 53.9 Å². The lowest BCUT2D eigenvalue weighted by Gasteiger charge is -2.29. The Morgan fingerprint density at radius 1 is 1.43 bits per heavy atom. The number of amides is 1. The van der Waals surface area contributed by atoms with Gasteiger partial charge in [0, 0.05) is 31.2 Å². The summed E-state index contributed by atoms with van der Waals surface area (Å²) in [7, 11) is 0. The minimum atomic E-state index is -0.461. The lowest BCUT2D eigenvalue weighted by atomic mass is 10.1. The molecule has 1 aliphatic heterocycles. The first kappa shape index (κ1) is 20.2. The molecule has 23 heavy (non-hydrogen) atoms. The normalized spacial score (nSPS) is 21.5. The number of ether oxygens (including phenoxy) is 2. The van der Waals surface area contributed by atoms with Crippen LogP contribution < -0.4 is 16.0 Å². The van der Waals surface area contributed by atoms with E-state index in [0.717, 1.165) is 39.0 Å². The molecule has 0 aromatic carbocycles. The molecule has 1 rings (SSSR count). The van der Waals surface area contributed by atoms with E-state index in [-0.39, 0.29) is 12.1 Å². The number of hydrogen-bond acceptors (Lipinski definition) is 5. The number of morpholine rings is 1. The molecule has 6 nitrogen and oxygen atoms in total. The summed E-state index contributed by atoms with van der Waals surface area (Å²) in [5.74, 6) is 0. The van der Waals surface area contributed by atoms with Gasteiger partial charge in [-0.2, -0.15) is 0 Å². The van der Waals surface area contributed by atoms with Crippen molar-refractivity contribution in [3.8, 4) is 0 Å². The highest BCUT2D eigenvalue weighted by molar-refractivity contribution is 5.67. The molecule has 0 radical (unpaired) electrons. The molecule has 1 aliphatic rings. The van der Waals surface area contributed by atoms with Crippen molar-refractivity contribution in [2.75, 3.05) is 26.3 Å². The number of rotatable bonds is 8. The third kappa shape index (κ3) is 9.79. The summed E-state index contributed by atoms with van der Waals surface area (Å²) in [5.41, 5.74) is -0.461. The third-order valence-corrected chi connectivity index (χ3v) is 3.69. The summed E-state index contributed by atoms with van der Waals surface area (Å²) in [6, 6.07) is 1.03. The second-order valence-corrected chi connectivity index (χ2v) is 7.40. The van der Waals surface area contributed by atoms with Crippen LogP contribution in [-0.4, -0.2) is 56.1 Å². The van der Waals surface area contributed by atoms with E-state index in [0.29, 0.717) is 18.6 Å². The minimum Gasteiger partial charge on any atom is -0.444 e. The summed E-state index contributed by atoms with van der Waals surface area (Å²) < 4.78 is 10.8. The lowest BCUT2D eigenvalue weighted by molar-refractivity contribution is 0.0519. The zero-order valence-electron chi connectivity index (χ0n) is 15.4. The molecular weight excluding hydrogens is 294 g/mol. The highest BCUT2D eigenvalue weighted by atomic mass is 16.6. The molecule has 0 aromatic rings. The Hall–Kier alpha value is -0.850. The first-order valence-electron chi connectivity index (χ1n) is 8.84. The Balaban J connectivity index is 2.33. The highest BCUT2D eigenvalue weighted by Gasteiger charge is 2.20. The molecule has 0 aliphatic carbocycles. The first-order chi connectivity index (χ1) is 10.8. The summed E-state index contributed by atoms with van der Waals surface area (Å²) >= 11 is 0. The molecular formula is C17H35N3O3. The predicted octanol–water partition coefficient (Wildman–Crippen LogP) is 2.04. The van der Waals surface area contributed by atoms with Crippen molar-refractivity contribution in [3.63, 3.8) is 0 Å². The van der Waals surface area contributed by atoms with Gasteiger partial charge in [-0.25, -0.2) is 4.79 Å². The van der Waals surface area contributed by atoms with Crippen molar-refractivity contribution in [3.05, 3.63) is 0 Å². The quantitative estimate of drug-likeness (QED) is 0.636. The van der Waals surface area contributed by atoms with Crippen LogP contribution in [0, 0.1) is 0 Å². The van der Waals surface area contributed by atoms with Gasteiger partial charge in [-0.15, -0.1) is 0 Å². The molecule has 0 saturated carbocycles. The molecule has 1 heterocycles. The smallest absolute Gasteiger partial charge is 0.407 e. The molecule has 1 saturated heterocycles. The monoisotopic (exact) mass is 329 g/mol. The Morgan fingerprint density at radius 3 is 2.74 bits per heavy atom. The molecule has 0 bridgehead atoms. The fraction of sp³-hybridized carbons (Fsp3) is 0.941.